The first-order valence-electron chi connectivity index (χ1n) is 7.67. The third-order valence-corrected chi connectivity index (χ3v) is 3.12. The lowest BCUT2D eigenvalue weighted by Gasteiger charge is -2.20. The predicted octanol–water partition coefficient (Wildman–Crippen LogP) is 2.45. The Hall–Kier alpha value is -2.55. The smallest absolute Gasteiger partial charge is 0.407 e. The average Bonchev–Trinajstić information content (AvgIpc) is 2.52. The second-order valence-corrected chi connectivity index (χ2v) is 5.59. The molecule has 2 N–H and O–H groups in total. The summed E-state index contributed by atoms with van der Waals surface area (Å²) < 4.78 is 4.88. The normalized spacial score (nSPS) is 11.4. The van der Waals surface area contributed by atoms with Gasteiger partial charge in [0.2, 0.25) is 0 Å². The van der Waals surface area contributed by atoms with E-state index >= 15 is 0 Å². The third-order valence-electron chi connectivity index (χ3n) is 3.12. The maximum Gasteiger partial charge on any atom is 0.407 e. The molecule has 0 saturated carbocycles. The van der Waals surface area contributed by atoms with Gasteiger partial charge in [0.1, 0.15) is 0 Å². The molecule has 0 aliphatic carbocycles. The van der Waals surface area contributed by atoms with Crippen LogP contribution in [0.4, 0.5) is 4.79 Å². The standard InChI is InChI=1S/C17H23N3O3/c1-4-23-17(22)20-15(8-12(2)3)11-19-16(21)14-7-5-6-13(9-14)10-18/h5-7,9,12,15H,4,8,11H2,1-3H3,(H,19,21)(H,20,22). The minimum absolute atomic E-state index is 0.211. The van der Waals surface area contributed by atoms with E-state index in [2.05, 4.69) is 10.6 Å². The number of hydrogen-bond acceptors (Lipinski definition) is 4. The number of carbonyl (C=O) groups is 2. The lowest BCUT2D eigenvalue weighted by Crippen LogP contribution is -2.44. The molecule has 0 saturated heterocycles. The highest BCUT2D eigenvalue weighted by atomic mass is 16.5. The molecular formula is C17H23N3O3. The largest absolute Gasteiger partial charge is 0.450 e. The van der Waals surface area contributed by atoms with E-state index in [1.54, 1.807) is 25.1 Å². The van der Waals surface area contributed by atoms with Gasteiger partial charge >= 0.3 is 6.09 Å². The Labute approximate surface area is 136 Å². The molecule has 0 aromatic heterocycles. The van der Waals surface area contributed by atoms with Crippen molar-refractivity contribution in [3.8, 4) is 6.07 Å². The lowest BCUT2D eigenvalue weighted by atomic mass is 10.0. The molecule has 6 nitrogen and oxygen atoms in total. The molecule has 0 heterocycles. The van der Waals surface area contributed by atoms with E-state index in [0.717, 1.165) is 6.42 Å². The van der Waals surface area contributed by atoms with Crippen LogP contribution < -0.4 is 10.6 Å². The van der Waals surface area contributed by atoms with Crippen LogP contribution in [0.1, 0.15) is 43.1 Å². The summed E-state index contributed by atoms with van der Waals surface area (Å²) in [5.74, 6) is 0.0854. The molecule has 1 unspecified atom stereocenters. The zero-order valence-corrected chi connectivity index (χ0v) is 13.8. The Morgan fingerprint density at radius 3 is 2.70 bits per heavy atom. The van der Waals surface area contributed by atoms with Gasteiger partial charge in [-0.2, -0.15) is 5.26 Å². The first-order valence-corrected chi connectivity index (χ1v) is 7.67. The fraction of sp³-hybridized carbons (Fsp3) is 0.471. The van der Waals surface area contributed by atoms with Gasteiger partial charge in [0.25, 0.3) is 5.91 Å². The van der Waals surface area contributed by atoms with E-state index in [-0.39, 0.29) is 11.9 Å². The number of nitrogens with one attached hydrogen (secondary N) is 2. The fourth-order valence-electron chi connectivity index (χ4n) is 2.15. The van der Waals surface area contributed by atoms with E-state index < -0.39 is 6.09 Å². The van der Waals surface area contributed by atoms with Crippen LogP contribution in [-0.2, 0) is 4.74 Å². The summed E-state index contributed by atoms with van der Waals surface area (Å²) in [5, 5.41) is 14.4. The maximum atomic E-state index is 12.2. The zero-order valence-electron chi connectivity index (χ0n) is 13.8. The van der Waals surface area contributed by atoms with Gasteiger partial charge in [-0.15, -0.1) is 0 Å². The Kier molecular flexibility index (Phi) is 7.61. The van der Waals surface area contributed by atoms with Crippen LogP contribution in [0.5, 0.6) is 0 Å². The summed E-state index contributed by atoms with van der Waals surface area (Å²) in [4.78, 5) is 23.7. The first-order chi connectivity index (χ1) is 11.0. The average molecular weight is 317 g/mol. The highest BCUT2D eigenvalue weighted by Gasteiger charge is 2.16. The molecule has 0 radical (unpaired) electrons. The molecule has 0 spiro atoms. The van der Waals surface area contributed by atoms with Crippen molar-refractivity contribution in [3.05, 3.63) is 35.4 Å². The van der Waals surface area contributed by atoms with E-state index in [1.807, 2.05) is 19.9 Å². The van der Waals surface area contributed by atoms with Crippen LogP contribution in [0.15, 0.2) is 24.3 Å². The quantitative estimate of drug-likeness (QED) is 0.808. The van der Waals surface area contributed by atoms with Crippen molar-refractivity contribution in [1.29, 1.82) is 5.26 Å². The zero-order chi connectivity index (χ0) is 17.2. The molecule has 0 aliphatic heterocycles. The second kappa shape index (κ2) is 9.46. The topological polar surface area (TPSA) is 91.2 Å². The fourth-order valence-corrected chi connectivity index (χ4v) is 2.15. The molecular weight excluding hydrogens is 294 g/mol. The summed E-state index contributed by atoms with van der Waals surface area (Å²) in [7, 11) is 0. The monoisotopic (exact) mass is 317 g/mol. The van der Waals surface area contributed by atoms with Crippen LogP contribution >= 0.6 is 0 Å². The van der Waals surface area contributed by atoms with Crippen molar-refractivity contribution in [1.82, 2.24) is 10.6 Å². The molecule has 1 rings (SSSR count). The van der Waals surface area contributed by atoms with Crippen molar-refractivity contribution >= 4 is 12.0 Å². The molecule has 1 aromatic carbocycles. The number of benzene rings is 1. The Morgan fingerprint density at radius 2 is 2.09 bits per heavy atom. The molecule has 2 amide bonds. The minimum atomic E-state index is -0.487. The van der Waals surface area contributed by atoms with Crippen LogP contribution in [0.2, 0.25) is 0 Å². The molecule has 1 aromatic rings. The van der Waals surface area contributed by atoms with Crippen LogP contribution in [-0.4, -0.2) is 31.2 Å². The molecule has 6 heteroatoms. The first kappa shape index (κ1) is 18.5. The maximum absolute atomic E-state index is 12.2. The van der Waals surface area contributed by atoms with Gasteiger partial charge in [-0.3, -0.25) is 4.79 Å². The van der Waals surface area contributed by atoms with Gasteiger partial charge < -0.3 is 15.4 Å². The summed E-state index contributed by atoms with van der Waals surface area (Å²) >= 11 is 0. The predicted molar refractivity (Wildman–Crippen MR) is 86.9 cm³/mol. The summed E-state index contributed by atoms with van der Waals surface area (Å²) in [6, 6.07) is 8.27. The Bertz CT molecular complexity index is 579. The molecule has 124 valence electrons. The number of nitriles is 1. The minimum Gasteiger partial charge on any atom is -0.450 e. The number of ether oxygens (including phenoxy) is 1. The number of amides is 2. The molecule has 23 heavy (non-hydrogen) atoms. The van der Waals surface area contributed by atoms with Gasteiger partial charge in [-0.1, -0.05) is 19.9 Å². The van der Waals surface area contributed by atoms with Gasteiger partial charge in [0.05, 0.1) is 18.2 Å². The van der Waals surface area contributed by atoms with Crippen molar-refractivity contribution in [3.63, 3.8) is 0 Å². The van der Waals surface area contributed by atoms with Gasteiger partial charge in [-0.25, -0.2) is 4.79 Å². The molecule has 0 fully saturated rings. The SMILES string of the molecule is CCOC(=O)NC(CNC(=O)c1cccc(C#N)c1)CC(C)C. The molecule has 0 aliphatic rings. The summed E-state index contributed by atoms with van der Waals surface area (Å²) in [6.45, 7) is 6.41. The van der Waals surface area contributed by atoms with E-state index in [0.29, 0.717) is 30.2 Å². The lowest BCUT2D eigenvalue weighted by molar-refractivity contribution is 0.0944. The number of carbonyl (C=O) groups excluding carboxylic acids is 2. The number of hydrogen-bond donors (Lipinski definition) is 2. The van der Waals surface area contributed by atoms with Gasteiger partial charge in [0.15, 0.2) is 0 Å². The number of alkyl carbamates (subject to hydrolysis) is 1. The third kappa shape index (κ3) is 6.83. The van der Waals surface area contributed by atoms with Gasteiger partial charge in [0, 0.05) is 18.2 Å². The number of rotatable bonds is 7. The van der Waals surface area contributed by atoms with Crippen LogP contribution in [0.3, 0.4) is 0 Å². The highest BCUT2D eigenvalue weighted by molar-refractivity contribution is 5.94. The van der Waals surface area contributed by atoms with Crippen molar-refractivity contribution in [2.45, 2.75) is 33.2 Å². The van der Waals surface area contributed by atoms with Gasteiger partial charge in [-0.05, 0) is 37.5 Å². The summed E-state index contributed by atoms with van der Waals surface area (Å²) in [5.41, 5.74) is 0.851. The van der Waals surface area contributed by atoms with E-state index in [9.17, 15) is 9.59 Å². The van der Waals surface area contributed by atoms with E-state index in [4.69, 9.17) is 10.00 Å². The van der Waals surface area contributed by atoms with Crippen molar-refractivity contribution in [2.24, 2.45) is 5.92 Å². The van der Waals surface area contributed by atoms with E-state index in [1.165, 1.54) is 6.07 Å². The van der Waals surface area contributed by atoms with Crippen LogP contribution in [0.25, 0.3) is 0 Å². The number of nitrogens with zero attached hydrogens (tertiary/aromatic N) is 1. The molecule has 1 atom stereocenters. The highest BCUT2D eigenvalue weighted by Crippen LogP contribution is 2.06. The van der Waals surface area contributed by atoms with Crippen LogP contribution in [0, 0.1) is 17.2 Å². The molecule has 0 bridgehead atoms. The Morgan fingerprint density at radius 1 is 1.35 bits per heavy atom. The Balaban J connectivity index is 2.63. The van der Waals surface area contributed by atoms with Crippen molar-refractivity contribution in [2.75, 3.05) is 13.2 Å². The summed E-state index contributed by atoms with van der Waals surface area (Å²) in [6.07, 6.45) is 0.232. The van der Waals surface area contributed by atoms with Crippen molar-refractivity contribution < 1.29 is 14.3 Å². The second-order valence-electron chi connectivity index (χ2n) is 5.59.